The van der Waals surface area contributed by atoms with Gasteiger partial charge in [-0.3, -0.25) is 0 Å². The highest BCUT2D eigenvalue weighted by molar-refractivity contribution is 5.87. The number of aliphatic hydroxyl groups excluding tert-OH is 2. The van der Waals surface area contributed by atoms with Gasteiger partial charge in [0, 0.05) is 0 Å². The van der Waals surface area contributed by atoms with E-state index < -0.39 is 5.97 Å². The van der Waals surface area contributed by atoms with Crippen molar-refractivity contribution in [1.82, 2.24) is 0 Å². The summed E-state index contributed by atoms with van der Waals surface area (Å²) in [5.74, 6) is 3.10. The van der Waals surface area contributed by atoms with Crippen LogP contribution in [-0.4, -0.2) is 40.1 Å². The molecule has 37 heavy (non-hydrogen) atoms. The van der Waals surface area contributed by atoms with Crippen LogP contribution in [0.3, 0.4) is 0 Å². The van der Waals surface area contributed by atoms with Gasteiger partial charge in [-0.2, -0.15) is 0 Å². The summed E-state index contributed by atoms with van der Waals surface area (Å²) in [6.45, 7) is 10.2. The van der Waals surface area contributed by atoms with Crippen LogP contribution in [0.5, 0.6) is 5.75 Å². The predicted molar refractivity (Wildman–Crippen MR) is 144 cm³/mol. The molecule has 0 spiro atoms. The first-order valence-electron chi connectivity index (χ1n) is 14.9. The van der Waals surface area contributed by atoms with E-state index in [1.165, 1.54) is 25.7 Å². The Hall–Kier alpha value is -1.59. The molecule has 4 aliphatic carbocycles. The minimum absolute atomic E-state index is 0.199. The van der Waals surface area contributed by atoms with Gasteiger partial charge in [0.05, 0.1) is 24.4 Å². The van der Waals surface area contributed by atoms with Crippen molar-refractivity contribution in [1.29, 1.82) is 0 Å². The minimum atomic E-state index is -0.931. The van der Waals surface area contributed by atoms with Gasteiger partial charge in [-0.25, -0.2) is 4.79 Å². The lowest BCUT2D eigenvalue weighted by Gasteiger charge is -2.64. The number of rotatable bonds is 7. The van der Waals surface area contributed by atoms with Crippen LogP contribution >= 0.6 is 0 Å². The van der Waals surface area contributed by atoms with E-state index in [-0.39, 0.29) is 28.6 Å². The molecule has 4 unspecified atom stereocenters. The van der Waals surface area contributed by atoms with Crippen LogP contribution < -0.4 is 4.74 Å². The Morgan fingerprint density at radius 2 is 1.78 bits per heavy atom. The standard InChI is InChI=1S/C32H48O5/c1-5-23-27-18-21(33)11-14-32(27,4)26-12-15-31(3)24(9-10-25(31)28(26)29(23)34)19(2)13-16-37-22-8-6-7-20(17-22)30(35)36/h6-8,17,19,21,23-29,33-34H,5,9-16,18H2,1-4H3,(H,35,36)/t19-,21-,23-,24-,25?,26?,27+,28?,29?,31-,32-/m1/s1. The Morgan fingerprint density at radius 1 is 1.05 bits per heavy atom. The molecule has 1 aromatic rings. The average molecular weight is 513 g/mol. The van der Waals surface area contributed by atoms with Crippen LogP contribution in [0.1, 0.15) is 95.8 Å². The maximum atomic E-state index is 11.9. The highest BCUT2D eigenvalue weighted by Crippen LogP contribution is 2.69. The number of ether oxygens (including phenoxy) is 1. The monoisotopic (exact) mass is 512 g/mol. The van der Waals surface area contributed by atoms with Gasteiger partial charge in [0.25, 0.3) is 0 Å². The molecule has 11 atom stereocenters. The van der Waals surface area contributed by atoms with Crippen molar-refractivity contribution in [2.24, 2.45) is 52.3 Å². The molecule has 4 aliphatic rings. The first-order valence-corrected chi connectivity index (χ1v) is 14.9. The molecule has 5 rings (SSSR count). The van der Waals surface area contributed by atoms with Crippen molar-refractivity contribution in [2.75, 3.05) is 6.61 Å². The van der Waals surface area contributed by atoms with Crippen LogP contribution in [0.2, 0.25) is 0 Å². The zero-order chi connectivity index (χ0) is 26.5. The second-order valence-corrected chi connectivity index (χ2v) is 13.6. The fourth-order valence-corrected chi connectivity index (χ4v) is 10.2. The number of aliphatic hydroxyl groups is 2. The summed E-state index contributed by atoms with van der Waals surface area (Å²) in [6, 6.07) is 6.76. The number of carbonyl (C=O) groups is 1. The van der Waals surface area contributed by atoms with E-state index >= 15 is 0 Å². The summed E-state index contributed by atoms with van der Waals surface area (Å²) in [7, 11) is 0. The molecule has 0 radical (unpaired) electrons. The largest absolute Gasteiger partial charge is 0.494 e. The third-order valence-electron chi connectivity index (χ3n) is 12.1. The molecular weight excluding hydrogens is 464 g/mol. The Morgan fingerprint density at radius 3 is 2.51 bits per heavy atom. The summed E-state index contributed by atoms with van der Waals surface area (Å²) >= 11 is 0. The molecule has 1 aromatic carbocycles. The van der Waals surface area contributed by atoms with Gasteiger partial charge in [0.2, 0.25) is 0 Å². The normalized spacial score (nSPS) is 43.8. The molecule has 3 N–H and O–H groups in total. The smallest absolute Gasteiger partial charge is 0.335 e. The SMILES string of the molecule is CC[C@H]1C(O)C2C3CC[C@H]([C@H](C)CCOc4cccc(C(=O)O)c4)[C@@]3(C)CCC2[C@@]2(C)CC[C@@H](O)C[C@@H]12. The maximum absolute atomic E-state index is 11.9. The van der Waals surface area contributed by atoms with Gasteiger partial charge in [0.1, 0.15) is 5.75 Å². The molecule has 4 saturated carbocycles. The molecule has 0 heterocycles. The fourth-order valence-electron chi connectivity index (χ4n) is 10.2. The first kappa shape index (κ1) is 27.0. The van der Waals surface area contributed by atoms with Crippen molar-refractivity contribution in [2.45, 2.75) is 97.7 Å². The highest BCUT2D eigenvalue weighted by Gasteiger charge is 2.64. The fraction of sp³-hybridized carbons (Fsp3) is 0.781. The molecule has 0 aliphatic heterocycles. The van der Waals surface area contributed by atoms with Gasteiger partial charge in [-0.15, -0.1) is 0 Å². The second-order valence-electron chi connectivity index (χ2n) is 13.6. The summed E-state index contributed by atoms with van der Waals surface area (Å²) in [6.07, 6.45) is 9.28. The molecule has 0 bridgehead atoms. The average Bonchev–Trinajstić information content (AvgIpc) is 3.22. The van der Waals surface area contributed by atoms with Gasteiger partial charge in [0.15, 0.2) is 0 Å². The molecule has 5 nitrogen and oxygen atoms in total. The van der Waals surface area contributed by atoms with E-state index in [4.69, 9.17) is 4.74 Å². The molecule has 4 fully saturated rings. The predicted octanol–water partition coefficient (Wildman–Crippen LogP) is 6.42. The number of hydrogen-bond acceptors (Lipinski definition) is 4. The van der Waals surface area contributed by atoms with E-state index in [0.29, 0.717) is 53.8 Å². The van der Waals surface area contributed by atoms with E-state index in [1.807, 2.05) is 6.07 Å². The lowest BCUT2D eigenvalue weighted by atomic mass is 9.41. The lowest BCUT2D eigenvalue weighted by molar-refractivity contribution is -0.203. The molecular formula is C32H48O5. The summed E-state index contributed by atoms with van der Waals surface area (Å²) < 4.78 is 5.98. The quantitative estimate of drug-likeness (QED) is 0.393. The molecule has 0 saturated heterocycles. The van der Waals surface area contributed by atoms with Crippen LogP contribution in [0.25, 0.3) is 0 Å². The van der Waals surface area contributed by atoms with E-state index in [1.54, 1.807) is 18.2 Å². The van der Waals surface area contributed by atoms with E-state index in [2.05, 4.69) is 27.7 Å². The number of carboxylic acids is 1. The summed E-state index contributed by atoms with van der Waals surface area (Å²) in [4.78, 5) is 11.3. The van der Waals surface area contributed by atoms with Crippen LogP contribution in [0.4, 0.5) is 0 Å². The number of aromatic carboxylic acids is 1. The molecule has 5 heteroatoms. The Labute approximate surface area is 223 Å². The zero-order valence-corrected chi connectivity index (χ0v) is 23.2. The Bertz CT molecular complexity index is 978. The van der Waals surface area contributed by atoms with Gasteiger partial charge >= 0.3 is 5.97 Å². The van der Waals surface area contributed by atoms with Gasteiger partial charge < -0.3 is 20.1 Å². The summed E-state index contributed by atoms with van der Waals surface area (Å²) in [5.41, 5.74) is 0.751. The lowest BCUT2D eigenvalue weighted by Crippen LogP contribution is -2.62. The molecule has 0 aromatic heterocycles. The molecule has 0 amide bonds. The van der Waals surface area contributed by atoms with E-state index in [9.17, 15) is 20.1 Å². The van der Waals surface area contributed by atoms with Gasteiger partial charge in [-0.05, 0) is 122 Å². The maximum Gasteiger partial charge on any atom is 0.335 e. The van der Waals surface area contributed by atoms with Crippen LogP contribution in [0.15, 0.2) is 24.3 Å². The number of fused-ring (bicyclic) bond motifs is 5. The Balaban J connectivity index is 1.29. The van der Waals surface area contributed by atoms with Crippen molar-refractivity contribution < 1.29 is 24.9 Å². The summed E-state index contributed by atoms with van der Waals surface area (Å²) in [5, 5.41) is 31.6. The first-order chi connectivity index (χ1) is 17.6. The van der Waals surface area contributed by atoms with Crippen LogP contribution in [-0.2, 0) is 0 Å². The highest BCUT2D eigenvalue weighted by atomic mass is 16.5. The van der Waals surface area contributed by atoms with Crippen molar-refractivity contribution in [3.63, 3.8) is 0 Å². The van der Waals surface area contributed by atoms with Crippen LogP contribution in [0, 0.1) is 52.3 Å². The van der Waals surface area contributed by atoms with E-state index in [0.717, 1.165) is 32.1 Å². The third kappa shape index (κ3) is 4.52. The minimum Gasteiger partial charge on any atom is -0.494 e. The zero-order valence-electron chi connectivity index (χ0n) is 23.2. The number of hydrogen-bond donors (Lipinski definition) is 3. The third-order valence-corrected chi connectivity index (χ3v) is 12.1. The second kappa shape index (κ2) is 10.2. The van der Waals surface area contributed by atoms with Crippen molar-refractivity contribution >= 4 is 5.97 Å². The van der Waals surface area contributed by atoms with Crippen molar-refractivity contribution in [3.05, 3.63) is 29.8 Å². The molecule has 206 valence electrons. The topological polar surface area (TPSA) is 87.0 Å². The van der Waals surface area contributed by atoms with Crippen molar-refractivity contribution in [3.8, 4) is 5.75 Å². The Kier molecular flexibility index (Phi) is 7.43. The van der Waals surface area contributed by atoms with Gasteiger partial charge in [-0.1, -0.05) is 40.2 Å². The number of carboxylic acid groups (broad SMARTS) is 1. The number of benzene rings is 1.